The van der Waals surface area contributed by atoms with Crippen molar-refractivity contribution in [3.8, 4) is 5.75 Å². The Bertz CT molecular complexity index is 729. The number of Topliss-reactive ketones (excluding diaryl/α,β-unsaturated/α-hetero) is 1. The summed E-state index contributed by atoms with van der Waals surface area (Å²) in [6.07, 6.45) is 0.378. The van der Waals surface area contributed by atoms with Gasteiger partial charge in [-0.2, -0.15) is 0 Å². The van der Waals surface area contributed by atoms with Crippen molar-refractivity contribution in [2.75, 3.05) is 20.3 Å². The Morgan fingerprint density at radius 1 is 1.04 bits per heavy atom. The highest BCUT2D eigenvalue weighted by Gasteiger charge is 2.52. The normalized spacial score (nSPS) is 22.1. The number of benzene rings is 2. The lowest BCUT2D eigenvalue weighted by molar-refractivity contribution is -0.186. The van der Waals surface area contributed by atoms with Gasteiger partial charge in [0.2, 0.25) is 5.79 Å². The zero-order valence-corrected chi connectivity index (χ0v) is 13.0. The number of methoxy groups -OCH3 is 1. The van der Waals surface area contributed by atoms with Crippen LogP contribution >= 0.6 is 0 Å². The van der Waals surface area contributed by atoms with Crippen LogP contribution in [-0.4, -0.2) is 26.1 Å². The highest BCUT2D eigenvalue weighted by molar-refractivity contribution is 5.99. The fraction of sp³-hybridized carbons (Fsp3) is 0.316. The first kappa shape index (κ1) is 14.4. The molecule has 0 amide bonds. The van der Waals surface area contributed by atoms with Gasteiger partial charge in [-0.25, -0.2) is 0 Å². The molecule has 2 aromatic carbocycles. The molecule has 1 saturated heterocycles. The van der Waals surface area contributed by atoms with Crippen molar-refractivity contribution >= 4 is 5.78 Å². The van der Waals surface area contributed by atoms with Gasteiger partial charge in [-0.3, -0.25) is 4.79 Å². The summed E-state index contributed by atoms with van der Waals surface area (Å²) in [6, 6.07) is 15.4. The van der Waals surface area contributed by atoms with Gasteiger partial charge in [0.25, 0.3) is 0 Å². The number of carbonyl (C=O) groups excluding carboxylic acids is 1. The van der Waals surface area contributed by atoms with Gasteiger partial charge in [0.05, 0.1) is 20.3 Å². The monoisotopic (exact) mass is 310 g/mol. The van der Waals surface area contributed by atoms with Crippen LogP contribution in [0.3, 0.4) is 0 Å². The molecule has 2 aliphatic rings. The van der Waals surface area contributed by atoms with Crippen LogP contribution in [0.1, 0.15) is 33.8 Å². The topological polar surface area (TPSA) is 44.8 Å². The summed E-state index contributed by atoms with van der Waals surface area (Å²) in [5.74, 6) is -0.0953. The predicted octanol–water partition coefficient (Wildman–Crippen LogP) is 3.27. The fourth-order valence-corrected chi connectivity index (χ4v) is 3.61. The van der Waals surface area contributed by atoms with Crippen LogP contribution in [0.2, 0.25) is 0 Å². The Morgan fingerprint density at radius 2 is 1.74 bits per heavy atom. The molecule has 0 bridgehead atoms. The first-order chi connectivity index (χ1) is 11.2. The summed E-state index contributed by atoms with van der Waals surface area (Å²) in [6.45, 7) is 1.07. The van der Waals surface area contributed by atoms with Crippen molar-refractivity contribution in [1.29, 1.82) is 0 Å². The molecule has 118 valence electrons. The van der Waals surface area contributed by atoms with Gasteiger partial charge in [0, 0.05) is 23.5 Å². The maximum atomic E-state index is 12.6. The minimum atomic E-state index is -0.862. The molecule has 0 radical (unpaired) electrons. The second-order valence-corrected chi connectivity index (χ2v) is 5.86. The number of rotatable bonds is 2. The summed E-state index contributed by atoms with van der Waals surface area (Å²) in [4.78, 5) is 12.6. The van der Waals surface area contributed by atoms with Gasteiger partial charge in [-0.1, -0.05) is 36.4 Å². The Hall–Kier alpha value is -2.17. The summed E-state index contributed by atoms with van der Waals surface area (Å²) in [5, 5.41) is 0. The smallest absolute Gasteiger partial charge is 0.203 e. The van der Waals surface area contributed by atoms with E-state index in [0.29, 0.717) is 25.2 Å². The molecular weight excluding hydrogens is 292 g/mol. The van der Waals surface area contributed by atoms with Crippen LogP contribution in [-0.2, 0) is 15.3 Å². The van der Waals surface area contributed by atoms with Crippen molar-refractivity contribution < 1.29 is 19.0 Å². The van der Waals surface area contributed by atoms with E-state index < -0.39 is 5.79 Å². The highest BCUT2D eigenvalue weighted by atomic mass is 16.7. The summed E-state index contributed by atoms with van der Waals surface area (Å²) in [7, 11) is 1.64. The second kappa shape index (κ2) is 5.48. The molecule has 4 rings (SSSR count). The summed E-state index contributed by atoms with van der Waals surface area (Å²) < 4.78 is 17.4. The molecule has 1 atom stereocenters. The standard InChI is InChI=1S/C19H18O4/c1-21-14-8-6-13(7-9-14)17-12-18(20)15-4-2-3-5-16(15)19(17)22-10-11-23-19/h2-9,17H,10-12H2,1H3/t17-/m1/s1. The summed E-state index contributed by atoms with van der Waals surface area (Å²) in [5.41, 5.74) is 2.57. The molecule has 0 N–H and O–H groups in total. The fourth-order valence-electron chi connectivity index (χ4n) is 3.61. The van der Waals surface area contributed by atoms with Gasteiger partial charge < -0.3 is 14.2 Å². The molecule has 0 unspecified atom stereocenters. The molecule has 23 heavy (non-hydrogen) atoms. The second-order valence-electron chi connectivity index (χ2n) is 5.86. The van der Waals surface area contributed by atoms with Crippen molar-refractivity contribution in [2.45, 2.75) is 18.1 Å². The molecule has 1 heterocycles. The molecule has 0 aromatic heterocycles. The highest BCUT2D eigenvalue weighted by Crippen LogP contribution is 2.50. The van der Waals surface area contributed by atoms with E-state index in [1.165, 1.54) is 0 Å². The first-order valence-electron chi connectivity index (χ1n) is 7.79. The molecule has 0 saturated carbocycles. The van der Waals surface area contributed by atoms with Gasteiger partial charge >= 0.3 is 0 Å². The van der Waals surface area contributed by atoms with Crippen molar-refractivity contribution in [3.05, 3.63) is 65.2 Å². The van der Waals surface area contributed by atoms with E-state index >= 15 is 0 Å². The number of ketones is 1. The first-order valence-corrected chi connectivity index (χ1v) is 7.79. The molecule has 1 aliphatic carbocycles. The minimum Gasteiger partial charge on any atom is -0.497 e. The lowest BCUT2D eigenvalue weighted by atomic mass is 9.74. The van der Waals surface area contributed by atoms with Crippen LogP contribution in [0, 0.1) is 0 Å². The van der Waals surface area contributed by atoms with E-state index in [4.69, 9.17) is 14.2 Å². The van der Waals surface area contributed by atoms with E-state index in [1.54, 1.807) is 7.11 Å². The Kier molecular flexibility index (Phi) is 3.43. The zero-order chi connectivity index (χ0) is 15.9. The van der Waals surface area contributed by atoms with Gasteiger partial charge in [0.1, 0.15) is 5.75 Å². The average Bonchev–Trinajstić information content (AvgIpc) is 3.09. The number of hydrogen-bond donors (Lipinski definition) is 0. The zero-order valence-electron chi connectivity index (χ0n) is 13.0. The van der Waals surface area contributed by atoms with Crippen LogP contribution in [0.4, 0.5) is 0 Å². The predicted molar refractivity (Wildman–Crippen MR) is 84.7 cm³/mol. The number of ether oxygens (including phenoxy) is 3. The minimum absolute atomic E-state index is 0.131. The van der Waals surface area contributed by atoms with Crippen molar-refractivity contribution in [3.63, 3.8) is 0 Å². The third-order valence-corrected chi connectivity index (χ3v) is 4.69. The third-order valence-electron chi connectivity index (χ3n) is 4.69. The molecule has 4 nitrogen and oxygen atoms in total. The van der Waals surface area contributed by atoms with Crippen LogP contribution < -0.4 is 4.74 Å². The number of hydrogen-bond acceptors (Lipinski definition) is 4. The molecule has 1 fully saturated rings. The van der Waals surface area contributed by atoms with Crippen molar-refractivity contribution in [2.24, 2.45) is 0 Å². The van der Waals surface area contributed by atoms with Gasteiger partial charge in [-0.05, 0) is 17.7 Å². The van der Waals surface area contributed by atoms with Crippen LogP contribution in [0.15, 0.2) is 48.5 Å². The van der Waals surface area contributed by atoms with E-state index in [2.05, 4.69) is 0 Å². The quantitative estimate of drug-likeness (QED) is 0.854. The molecule has 1 aliphatic heterocycles. The third kappa shape index (κ3) is 2.18. The molecule has 2 aromatic rings. The Balaban J connectivity index is 1.84. The summed E-state index contributed by atoms with van der Waals surface area (Å²) >= 11 is 0. The molecule has 1 spiro atoms. The van der Waals surface area contributed by atoms with E-state index in [1.807, 2.05) is 48.5 Å². The number of fused-ring (bicyclic) bond motifs is 2. The van der Waals surface area contributed by atoms with Gasteiger partial charge in [0.15, 0.2) is 5.78 Å². The van der Waals surface area contributed by atoms with Crippen LogP contribution in [0.5, 0.6) is 5.75 Å². The van der Waals surface area contributed by atoms with Gasteiger partial charge in [-0.15, -0.1) is 0 Å². The average molecular weight is 310 g/mol. The Morgan fingerprint density at radius 3 is 2.43 bits per heavy atom. The Labute approximate surface area is 135 Å². The lowest BCUT2D eigenvalue weighted by Gasteiger charge is -2.40. The largest absolute Gasteiger partial charge is 0.497 e. The molecule has 4 heteroatoms. The SMILES string of the molecule is COc1ccc([C@H]2CC(=O)c3ccccc3C23OCCO3)cc1. The maximum Gasteiger partial charge on any atom is 0.203 e. The van der Waals surface area contributed by atoms with Crippen LogP contribution in [0.25, 0.3) is 0 Å². The number of carbonyl (C=O) groups is 1. The maximum absolute atomic E-state index is 12.6. The lowest BCUT2D eigenvalue weighted by Crippen LogP contribution is -2.41. The van der Waals surface area contributed by atoms with E-state index in [9.17, 15) is 4.79 Å². The van der Waals surface area contributed by atoms with Crippen molar-refractivity contribution in [1.82, 2.24) is 0 Å². The molecular formula is C19H18O4. The van der Waals surface area contributed by atoms with E-state index in [-0.39, 0.29) is 11.7 Å². The van der Waals surface area contributed by atoms with E-state index in [0.717, 1.165) is 16.9 Å².